The van der Waals surface area contributed by atoms with Gasteiger partial charge in [-0.3, -0.25) is 0 Å². The Morgan fingerprint density at radius 3 is 1.46 bits per heavy atom. The molecule has 1 aliphatic rings. The van der Waals surface area contributed by atoms with Gasteiger partial charge in [-0.05, 0) is 56.5 Å². The van der Waals surface area contributed by atoms with Gasteiger partial charge in [0.1, 0.15) is 5.69 Å². The molecule has 5 nitrogen and oxygen atoms in total. The van der Waals surface area contributed by atoms with E-state index in [2.05, 4.69) is 235 Å². The van der Waals surface area contributed by atoms with Gasteiger partial charge in [-0.1, -0.05) is 237 Å². The fraction of sp³-hybridized carbons (Fsp3) is 0.0159. The van der Waals surface area contributed by atoms with Crippen LogP contribution in [0.4, 0.5) is 0 Å². The van der Waals surface area contributed by atoms with E-state index in [-0.39, 0.29) is 0 Å². The molecule has 0 atom stereocenters. The standard InChI is InChI=1S/C63H41N5/c1-6-20-43(21-7-1)57-58(44-22-8-2-9-23-44)67-68-56(41-47-26-16-17-31-51(47)59(57)68)42-34-36-46(37-35-42)61-64-60(45-24-10-3-11-25-45)65-62(66-61)48-38-39-53-52-32-18-19-33-54(52)63(55(53)40-48,49-27-12-4-13-28-49)50-29-14-5-15-30-50/h1-41H. The highest BCUT2D eigenvalue weighted by Crippen LogP contribution is 2.56. The van der Waals surface area contributed by atoms with E-state index in [1.165, 1.54) is 33.4 Å². The molecule has 12 aromatic rings. The molecule has 3 aromatic heterocycles. The SMILES string of the molecule is c1ccc(-c2nc(-c3ccc(-c4cc5ccccc5c5c(-c6ccccc6)c(-c6ccccc6)nn45)cc3)nc(-c3ccc4c(c3)C(c3ccccc3)(c3ccccc3)c3ccccc3-4)n2)cc1. The third kappa shape index (κ3) is 6.32. The van der Waals surface area contributed by atoms with E-state index in [0.717, 1.165) is 66.6 Å². The molecule has 0 fully saturated rings. The minimum atomic E-state index is -0.551. The first-order chi connectivity index (χ1) is 33.7. The van der Waals surface area contributed by atoms with E-state index < -0.39 is 5.41 Å². The number of benzene rings is 9. The van der Waals surface area contributed by atoms with Crippen LogP contribution in [-0.4, -0.2) is 24.6 Å². The zero-order valence-corrected chi connectivity index (χ0v) is 36.9. The summed E-state index contributed by atoms with van der Waals surface area (Å²) in [7, 11) is 0. The van der Waals surface area contributed by atoms with Crippen molar-refractivity contribution >= 4 is 16.3 Å². The Labute approximate surface area is 394 Å². The third-order valence-corrected chi connectivity index (χ3v) is 13.6. The normalized spacial score (nSPS) is 12.5. The first-order valence-corrected chi connectivity index (χ1v) is 23.1. The van der Waals surface area contributed by atoms with Crippen LogP contribution in [0.5, 0.6) is 0 Å². The highest BCUT2D eigenvalue weighted by molar-refractivity contribution is 6.08. The molecule has 0 unspecified atom stereocenters. The van der Waals surface area contributed by atoms with Crippen molar-refractivity contribution in [2.75, 3.05) is 0 Å². The highest BCUT2D eigenvalue weighted by atomic mass is 15.2. The molecule has 318 valence electrons. The van der Waals surface area contributed by atoms with Crippen LogP contribution < -0.4 is 0 Å². The van der Waals surface area contributed by atoms with Crippen LogP contribution in [-0.2, 0) is 5.41 Å². The van der Waals surface area contributed by atoms with Crippen LogP contribution in [0.15, 0.2) is 249 Å². The summed E-state index contributed by atoms with van der Waals surface area (Å²) < 4.78 is 2.13. The second-order valence-corrected chi connectivity index (χ2v) is 17.4. The largest absolute Gasteiger partial charge is 0.231 e. The summed E-state index contributed by atoms with van der Waals surface area (Å²) in [6, 6.07) is 88.0. The van der Waals surface area contributed by atoms with Gasteiger partial charge in [0.05, 0.1) is 16.6 Å². The number of fused-ring (bicyclic) bond motifs is 6. The lowest BCUT2D eigenvalue weighted by atomic mass is 9.67. The lowest BCUT2D eigenvalue weighted by molar-refractivity contribution is 0.768. The topological polar surface area (TPSA) is 56.0 Å². The maximum atomic E-state index is 5.43. The molecule has 1 aliphatic carbocycles. The molecular formula is C63H41N5. The van der Waals surface area contributed by atoms with E-state index in [1.54, 1.807) is 0 Å². The van der Waals surface area contributed by atoms with E-state index in [9.17, 15) is 0 Å². The van der Waals surface area contributed by atoms with Crippen molar-refractivity contribution in [1.82, 2.24) is 24.6 Å². The molecule has 0 saturated carbocycles. The Balaban J connectivity index is 0.976. The molecule has 3 heterocycles. The van der Waals surface area contributed by atoms with Crippen molar-refractivity contribution < 1.29 is 0 Å². The number of hydrogen-bond acceptors (Lipinski definition) is 4. The van der Waals surface area contributed by atoms with Crippen LogP contribution in [0.2, 0.25) is 0 Å². The van der Waals surface area contributed by atoms with Crippen molar-refractivity contribution in [3.8, 4) is 78.9 Å². The molecule has 0 saturated heterocycles. The molecule has 0 N–H and O–H groups in total. The number of pyridine rings is 1. The van der Waals surface area contributed by atoms with Crippen LogP contribution in [0.25, 0.3) is 95.2 Å². The van der Waals surface area contributed by atoms with Crippen molar-refractivity contribution in [1.29, 1.82) is 0 Å². The predicted octanol–water partition coefficient (Wildman–Crippen LogP) is 15.0. The average molecular weight is 868 g/mol. The Bertz CT molecular complexity index is 3770. The Morgan fingerprint density at radius 1 is 0.338 bits per heavy atom. The number of aromatic nitrogens is 5. The molecule has 9 aromatic carbocycles. The predicted molar refractivity (Wildman–Crippen MR) is 276 cm³/mol. The molecule has 0 amide bonds. The van der Waals surface area contributed by atoms with Crippen molar-refractivity contribution in [3.63, 3.8) is 0 Å². The Kier molecular flexibility index (Phi) is 9.32. The first kappa shape index (κ1) is 39.3. The van der Waals surface area contributed by atoms with Crippen molar-refractivity contribution in [2.45, 2.75) is 5.41 Å². The lowest BCUT2D eigenvalue weighted by Crippen LogP contribution is -2.28. The maximum Gasteiger partial charge on any atom is 0.164 e. The molecule has 68 heavy (non-hydrogen) atoms. The summed E-state index contributed by atoms with van der Waals surface area (Å²) in [5.41, 5.74) is 16.8. The van der Waals surface area contributed by atoms with E-state index in [4.69, 9.17) is 20.1 Å². The van der Waals surface area contributed by atoms with Gasteiger partial charge in [-0.15, -0.1) is 0 Å². The zero-order chi connectivity index (χ0) is 45.0. The number of rotatable bonds is 8. The van der Waals surface area contributed by atoms with Gasteiger partial charge in [0.2, 0.25) is 0 Å². The molecule has 5 heteroatoms. The highest BCUT2D eigenvalue weighted by Gasteiger charge is 2.46. The summed E-state index contributed by atoms with van der Waals surface area (Å²) in [5.74, 6) is 1.83. The molecule has 0 spiro atoms. The van der Waals surface area contributed by atoms with Crippen LogP contribution in [0.3, 0.4) is 0 Å². The van der Waals surface area contributed by atoms with Gasteiger partial charge >= 0.3 is 0 Å². The number of nitrogens with zero attached hydrogens (tertiary/aromatic N) is 5. The maximum absolute atomic E-state index is 5.43. The summed E-state index contributed by atoms with van der Waals surface area (Å²) >= 11 is 0. The van der Waals surface area contributed by atoms with Gasteiger partial charge in [-0.25, -0.2) is 19.5 Å². The Hall–Kier alpha value is -9.06. The van der Waals surface area contributed by atoms with Gasteiger partial charge in [0, 0.05) is 38.8 Å². The van der Waals surface area contributed by atoms with E-state index in [0.29, 0.717) is 17.5 Å². The zero-order valence-electron chi connectivity index (χ0n) is 36.9. The van der Waals surface area contributed by atoms with E-state index in [1.807, 2.05) is 18.2 Å². The molecule has 0 radical (unpaired) electrons. The summed E-state index contributed by atoms with van der Waals surface area (Å²) in [5, 5.41) is 7.72. The Morgan fingerprint density at radius 2 is 0.809 bits per heavy atom. The second kappa shape index (κ2) is 16.1. The molecular weight excluding hydrogens is 827 g/mol. The van der Waals surface area contributed by atoms with Gasteiger partial charge < -0.3 is 0 Å². The molecule has 13 rings (SSSR count). The van der Waals surface area contributed by atoms with Gasteiger partial charge in [-0.2, -0.15) is 5.10 Å². The monoisotopic (exact) mass is 867 g/mol. The summed E-state index contributed by atoms with van der Waals surface area (Å²) in [6.45, 7) is 0. The van der Waals surface area contributed by atoms with Crippen molar-refractivity contribution in [3.05, 3.63) is 271 Å². The fourth-order valence-corrected chi connectivity index (χ4v) is 10.5. The minimum absolute atomic E-state index is 0.551. The average Bonchev–Trinajstić information content (AvgIpc) is 3.97. The van der Waals surface area contributed by atoms with Crippen molar-refractivity contribution in [2.24, 2.45) is 0 Å². The fourth-order valence-electron chi connectivity index (χ4n) is 10.5. The van der Waals surface area contributed by atoms with E-state index >= 15 is 0 Å². The third-order valence-electron chi connectivity index (χ3n) is 13.6. The summed E-state index contributed by atoms with van der Waals surface area (Å²) in [6.07, 6.45) is 0. The quantitative estimate of drug-likeness (QED) is 0.153. The first-order valence-electron chi connectivity index (χ1n) is 23.1. The second-order valence-electron chi connectivity index (χ2n) is 17.4. The molecule has 0 bridgehead atoms. The molecule has 0 aliphatic heterocycles. The summed E-state index contributed by atoms with van der Waals surface area (Å²) in [4.78, 5) is 15.7. The van der Waals surface area contributed by atoms with Crippen LogP contribution in [0.1, 0.15) is 22.3 Å². The van der Waals surface area contributed by atoms with Gasteiger partial charge in [0.25, 0.3) is 0 Å². The smallest absolute Gasteiger partial charge is 0.164 e. The lowest BCUT2D eigenvalue weighted by Gasteiger charge is -2.34. The van der Waals surface area contributed by atoms with Crippen LogP contribution >= 0.6 is 0 Å². The minimum Gasteiger partial charge on any atom is -0.231 e. The van der Waals surface area contributed by atoms with Crippen LogP contribution in [0, 0.1) is 0 Å². The van der Waals surface area contributed by atoms with Gasteiger partial charge in [0.15, 0.2) is 17.5 Å². The number of hydrogen-bond donors (Lipinski definition) is 0.